The molecule has 10 rings (SSSR count). The third kappa shape index (κ3) is 9.36. The Morgan fingerprint density at radius 3 is 1.97 bits per heavy atom. The van der Waals surface area contributed by atoms with E-state index in [0.717, 1.165) is 72.7 Å². The van der Waals surface area contributed by atoms with E-state index in [2.05, 4.69) is 229 Å². The van der Waals surface area contributed by atoms with E-state index >= 15 is 0 Å². The van der Waals surface area contributed by atoms with Crippen LogP contribution in [0.3, 0.4) is 0 Å². The number of aromatic nitrogens is 2. The SMILES string of the molecule is CC(C)(C)B1OB(c2cccc(-c3ccccc3)c2N2[CH-]N(c3[c-]c(COCc4[c-]c5c(cc4)c4ccccc4n5-c4cc(C(C)(C)C)ccn4)ccc3)c3ccccc32)OB(C(C)(C)C)O1.[Pt]. The molecule has 2 aromatic heterocycles. The summed E-state index contributed by atoms with van der Waals surface area (Å²) in [7, 11) is -1.67. The number of benzene rings is 6. The molecule has 346 valence electrons. The Kier molecular flexibility index (Phi) is 13.2. The van der Waals surface area contributed by atoms with Crippen LogP contribution in [0.1, 0.15) is 79.0 Å². The molecular formula is C56H56B3N4O4Pt-3. The van der Waals surface area contributed by atoms with Gasteiger partial charge in [-0.1, -0.05) is 147 Å². The van der Waals surface area contributed by atoms with E-state index in [0.29, 0.717) is 13.2 Å². The first-order valence-electron chi connectivity index (χ1n) is 23.3. The Morgan fingerprint density at radius 1 is 0.618 bits per heavy atom. The van der Waals surface area contributed by atoms with Gasteiger partial charge in [-0.3, -0.25) is 0 Å². The van der Waals surface area contributed by atoms with Gasteiger partial charge in [0.2, 0.25) is 0 Å². The molecule has 0 N–H and O–H groups in total. The third-order valence-electron chi connectivity index (χ3n) is 12.5. The fourth-order valence-corrected chi connectivity index (χ4v) is 9.01. The quantitative estimate of drug-likeness (QED) is 0.105. The molecule has 2 aliphatic heterocycles. The largest absolute Gasteiger partial charge is 0.493 e. The van der Waals surface area contributed by atoms with Gasteiger partial charge in [0.15, 0.2) is 0 Å². The monoisotopic (exact) mass is 1080 g/mol. The number of anilines is 4. The van der Waals surface area contributed by atoms with Gasteiger partial charge in [0.1, 0.15) is 5.82 Å². The van der Waals surface area contributed by atoms with Crippen LogP contribution >= 0.6 is 0 Å². The minimum absolute atomic E-state index is 0. The molecule has 12 heteroatoms. The molecule has 0 spiro atoms. The average molecular weight is 1080 g/mol. The van der Waals surface area contributed by atoms with Crippen LogP contribution in [0.15, 0.2) is 146 Å². The summed E-state index contributed by atoms with van der Waals surface area (Å²) in [5.74, 6) is 0.881. The molecule has 0 radical (unpaired) electrons. The summed E-state index contributed by atoms with van der Waals surface area (Å²) >= 11 is 0. The summed E-state index contributed by atoms with van der Waals surface area (Å²) in [6, 6.07) is 56.2. The summed E-state index contributed by atoms with van der Waals surface area (Å²) in [4.78, 5) is 9.32. The van der Waals surface area contributed by atoms with Crippen molar-refractivity contribution in [3.05, 3.63) is 181 Å². The third-order valence-corrected chi connectivity index (χ3v) is 12.5. The Morgan fingerprint density at radius 2 is 1.26 bits per heavy atom. The van der Waals surface area contributed by atoms with Gasteiger partial charge in [-0.25, -0.2) is 4.98 Å². The zero-order valence-electron chi connectivity index (χ0n) is 40.3. The number of rotatable bonds is 9. The number of hydrogen-bond acceptors (Lipinski definition) is 7. The molecule has 6 aromatic carbocycles. The van der Waals surface area contributed by atoms with Crippen LogP contribution in [-0.4, -0.2) is 30.9 Å². The molecule has 0 unspecified atom stereocenters. The predicted octanol–water partition coefficient (Wildman–Crippen LogP) is 13.2. The Bertz CT molecular complexity index is 3070. The standard InChI is InChI=1S/C56H56B3N4O4.Pt/c1-54(2,3)42-31-32-60-52(35-42)63-48-26-14-13-23-45(48)46-30-29-40(34-51(46)63)37-64-36-39-19-17-22-43(33-39)61-38-62(50-28-16-15-27-49(50)61)53-44(41-20-11-10-12-21-41)24-18-25-47(53)57-65-58(55(4,5)6)67-59(66-57)56(7,8)9;/h10-32,35,38H,36-37H2,1-9H3;/q-3;. The summed E-state index contributed by atoms with van der Waals surface area (Å²) in [6.07, 6.45) is 1.91. The van der Waals surface area contributed by atoms with Crippen LogP contribution < -0.4 is 15.3 Å². The van der Waals surface area contributed by atoms with E-state index in [9.17, 15) is 0 Å². The number of nitrogens with zero attached hydrogens (tertiary/aromatic N) is 4. The second-order valence-corrected chi connectivity index (χ2v) is 20.9. The molecule has 1 saturated heterocycles. The molecule has 1 fully saturated rings. The van der Waals surface area contributed by atoms with Gasteiger partial charge < -0.3 is 32.8 Å². The Labute approximate surface area is 417 Å². The van der Waals surface area contributed by atoms with Gasteiger partial charge in [-0.15, -0.1) is 28.9 Å². The first-order valence-corrected chi connectivity index (χ1v) is 23.3. The molecule has 68 heavy (non-hydrogen) atoms. The average Bonchev–Trinajstić information content (AvgIpc) is 3.87. The topological polar surface area (TPSA) is 61.2 Å². The minimum atomic E-state index is -0.694. The molecule has 2 aliphatic rings. The number of hydrogen-bond donors (Lipinski definition) is 0. The molecule has 8 nitrogen and oxygen atoms in total. The van der Waals surface area contributed by atoms with Crippen molar-refractivity contribution in [1.29, 1.82) is 0 Å². The Balaban J connectivity index is 0.00000578. The molecule has 0 amide bonds. The van der Waals surface area contributed by atoms with Crippen molar-refractivity contribution in [2.45, 2.75) is 91.6 Å². The minimum Gasteiger partial charge on any atom is -0.493 e. The maximum Gasteiger partial charge on any atom is 0.468 e. The van der Waals surface area contributed by atoms with Crippen molar-refractivity contribution in [1.82, 2.24) is 9.55 Å². The summed E-state index contributed by atoms with van der Waals surface area (Å²) in [6.45, 7) is 22.5. The van der Waals surface area contributed by atoms with Crippen LogP contribution in [-0.2, 0) is 58.1 Å². The van der Waals surface area contributed by atoms with Gasteiger partial charge >= 0.3 is 21.4 Å². The van der Waals surface area contributed by atoms with Crippen LogP contribution in [0.4, 0.5) is 22.7 Å². The van der Waals surface area contributed by atoms with Gasteiger partial charge in [0, 0.05) is 74.1 Å². The molecular weight excluding hydrogens is 1020 g/mol. The molecule has 8 aromatic rings. The summed E-state index contributed by atoms with van der Waals surface area (Å²) < 4.78 is 28.8. The maximum absolute atomic E-state index is 6.79. The fourth-order valence-electron chi connectivity index (χ4n) is 9.01. The maximum atomic E-state index is 6.79. The first kappa shape index (κ1) is 47.7. The van der Waals surface area contributed by atoms with Crippen molar-refractivity contribution in [3.63, 3.8) is 0 Å². The predicted molar refractivity (Wildman–Crippen MR) is 276 cm³/mol. The molecule has 0 saturated carbocycles. The van der Waals surface area contributed by atoms with Crippen LogP contribution in [0.2, 0.25) is 10.6 Å². The second kappa shape index (κ2) is 18.8. The van der Waals surface area contributed by atoms with E-state index in [-0.39, 0.29) is 37.1 Å². The number of ether oxygens (including phenoxy) is 1. The van der Waals surface area contributed by atoms with Gasteiger partial charge in [0.25, 0.3) is 0 Å². The van der Waals surface area contributed by atoms with E-state index < -0.39 is 21.4 Å². The van der Waals surface area contributed by atoms with Crippen LogP contribution in [0.25, 0.3) is 38.8 Å². The number of pyridine rings is 1. The summed E-state index contributed by atoms with van der Waals surface area (Å²) in [5.41, 5.74) is 12.2. The molecule has 0 bridgehead atoms. The number of fused-ring (bicyclic) bond motifs is 4. The van der Waals surface area contributed by atoms with Crippen LogP contribution in [0, 0.1) is 18.8 Å². The van der Waals surface area contributed by atoms with Crippen molar-refractivity contribution in [3.8, 4) is 16.9 Å². The van der Waals surface area contributed by atoms with E-state index in [1.54, 1.807) is 0 Å². The van der Waals surface area contributed by atoms with Gasteiger partial charge in [0.05, 0.1) is 0 Å². The number of para-hydroxylation sites is 4. The first-order chi connectivity index (χ1) is 32.1. The smallest absolute Gasteiger partial charge is 0.468 e. The Hall–Kier alpha value is -5.41. The van der Waals surface area contributed by atoms with Crippen molar-refractivity contribution >= 4 is 71.4 Å². The summed E-state index contributed by atoms with van der Waals surface area (Å²) in [5, 5.41) is 1.72. The fraction of sp³-hybridized carbons (Fsp3) is 0.250. The van der Waals surface area contributed by atoms with Gasteiger partial charge in [-0.2, -0.15) is 42.5 Å². The van der Waals surface area contributed by atoms with E-state index in [1.165, 1.54) is 10.9 Å². The van der Waals surface area contributed by atoms with Crippen LogP contribution in [0.5, 0.6) is 0 Å². The molecule has 0 aliphatic carbocycles. The van der Waals surface area contributed by atoms with E-state index in [4.69, 9.17) is 23.4 Å². The molecule has 4 heterocycles. The molecule has 0 atom stereocenters. The van der Waals surface area contributed by atoms with Crippen molar-refractivity contribution < 1.29 is 39.5 Å². The van der Waals surface area contributed by atoms with Crippen molar-refractivity contribution in [2.24, 2.45) is 0 Å². The zero-order valence-corrected chi connectivity index (χ0v) is 42.6. The van der Waals surface area contributed by atoms with Crippen molar-refractivity contribution in [2.75, 3.05) is 9.80 Å². The normalized spacial score (nSPS) is 14.5. The van der Waals surface area contributed by atoms with Gasteiger partial charge in [-0.05, 0) is 62.9 Å². The second-order valence-electron chi connectivity index (χ2n) is 20.9. The van der Waals surface area contributed by atoms with E-state index in [1.807, 2.05) is 12.3 Å². The zero-order chi connectivity index (χ0) is 46.7.